The molecule has 0 saturated carbocycles. The Balaban J connectivity index is 1.27. The first-order valence-corrected chi connectivity index (χ1v) is 31.1. The molecule has 0 spiro atoms. The Kier molecular flexibility index (Phi) is 11.9. The maximum absolute atomic E-state index is 6.06. The van der Waals surface area contributed by atoms with Crippen molar-refractivity contribution >= 4 is 87.2 Å². The van der Waals surface area contributed by atoms with Gasteiger partial charge in [0.05, 0.1) is 83.8 Å². The molecule has 17 rings (SSSR count). The molecule has 0 aliphatic rings. The van der Waals surface area contributed by atoms with Crippen LogP contribution < -0.4 is 0 Å². The van der Waals surface area contributed by atoms with Crippen molar-refractivity contribution in [1.29, 1.82) is 0 Å². The van der Waals surface area contributed by atoms with E-state index in [-0.39, 0.29) is 0 Å². The molecule has 11 aromatic carbocycles. The second-order valence-electron chi connectivity index (χ2n) is 25.1. The third kappa shape index (κ3) is 8.15. The standard InChI is InChI=1S/C83H63N7/c1-48-21-29-69-59(38-48)60-39-49(2)22-30-70(60)87(69)79-77(58-20-15-37-84-47-58)80(88-71-31-23-50(3)40-61(71)62-41-51(4)24-32-72(62)88)82(90-75-35-27-54(7)44-65(75)66-45-55(8)28-36-76(66)90)81(89-73-33-25-52(5)42-63(73)64-43-53(6)26-34-74(64)89)78(79)68-46-67(56-16-11-9-12-17-56)85-83(86-68)57-18-13-10-14-19-57/h9-47H,1-8H3. The highest BCUT2D eigenvalue weighted by Crippen LogP contribution is 2.55. The quantitative estimate of drug-likeness (QED) is 0.152. The van der Waals surface area contributed by atoms with Gasteiger partial charge in [-0.3, -0.25) is 4.98 Å². The fraction of sp³-hybridized carbons (Fsp3) is 0.0964. The lowest BCUT2D eigenvalue weighted by Crippen LogP contribution is -2.16. The largest absolute Gasteiger partial charge is 0.308 e. The number of aromatic nitrogens is 7. The molecule has 7 heteroatoms. The van der Waals surface area contributed by atoms with E-state index >= 15 is 0 Å². The van der Waals surface area contributed by atoms with Crippen LogP contribution in [0.25, 0.3) is 155 Å². The molecular weight excluding hydrogens is 1090 g/mol. The molecule has 0 atom stereocenters. The number of nitrogens with zero attached hydrogens (tertiary/aromatic N) is 7. The predicted octanol–water partition coefficient (Wildman–Crippen LogP) is 21.4. The number of pyridine rings is 1. The van der Waals surface area contributed by atoms with E-state index in [1.165, 1.54) is 87.6 Å². The average molecular weight is 1160 g/mol. The van der Waals surface area contributed by atoms with Crippen LogP contribution in [-0.4, -0.2) is 33.2 Å². The Morgan fingerprint density at radius 3 is 0.889 bits per heavy atom. The van der Waals surface area contributed by atoms with E-state index in [1.807, 2.05) is 6.20 Å². The number of aryl methyl sites for hydroxylation is 8. The van der Waals surface area contributed by atoms with Gasteiger partial charge in [0.2, 0.25) is 0 Å². The van der Waals surface area contributed by atoms with Crippen LogP contribution in [0, 0.1) is 55.4 Å². The van der Waals surface area contributed by atoms with Gasteiger partial charge in [-0.1, -0.05) is 160 Å². The molecule has 0 N–H and O–H groups in total. The van der Waals surface area contributed by atoms with Crippen LogP contribution in [0.15, 0.2) is 237 Å². The molecule has 7 nitrogen and oxygen atoms in total. The van der Waals surface area contributed by atoms with Crippen molar-refractivity contribution in [3.8, 4) is 67.8 Å². The van der Waals surface area contributed by atoms with Crippen LogP contribution in [-0.2, 0) is 0 Å². The van der Waals surface area contributed by atoms with E-state index in [0.717, 1.165) is 106 Å². The topological polar surface area (TPSA) is 58.4 Å². The third-order valence-electron chi connectivity index (χ3n) is 18.6. The van der Waals surface area contributed by atoms with Gasteiger partial charge in [-0.05, 0) is 165 Å². The Morgan fingerprint density at radius 2 is 0.544 bits per heavy atom. The zero-order valence-corrected chi connectivity index (χ0v) is 51.6. The third-order valence-corrected chi connectivity index (χ3v) is 18.6. The van der Waals surface area contributed by atoms with Crippen molar-refractivity contribution in [2.75, 3.05) is 0 Å². The number of benzene rings is 11. The van der Waals surface area contributed by atoms with E-state index in [0.29, 0.717) is 5.82 Å². The normalized spacial score (nSPS) is 12.0. The molecule has 6 aromatic heterocycles. The van der Waals surface area contributed by atoms with Crippen LogP contribution in [0.5, 0.6) is 0 Å². The Morgan fingerprint density at radius 1 is 0.244 bits per heavy atom. The maximum atomic E-state index is 6.06. The monoisotopic (exact) mass is 1160 g/mol. The van der Waals surface area contributed by atoms with Crippen LogP contribution >= 0.6 is 0 Å². The molecule has 90 heavy (non-hydrogen) atoms. The predicted molar refractivity (Wildman–Crippen MR) is 377 cm³/mol. The highest BCUT2D eigenvalue weighted by Gasteiger charge is 2.37. The van der Waals surface area contributed by atoms with Gasteiger partial charge < -0.3 is 18.3 Å². The lowest BCUT2D eigenvalue weighted by Gasteiger charge is -2.31. The molecular formula is C83H63N7. The summed E-state index contributed by atoms with van der Waals surface area (Å²) in [5.41, 5.74) is 28.4. The van der Waals surface area contributed by atoms with Crippen LogP contribution in [0.3, 0.4) is 0 Å². The van der Waals surface area contributed by atoms with Crippen molar-refractivity contribution in [1.82, 2.24) is 33.2 Å². The van der Waals surface area contributed by atoms with E-state index < -0.39 is 0 Å². The van der Waals surface area contributed by atoms with E-state index in [2.05, 4.69) is 304 Å². The highest BCUT2D eigenvalue weighted by molar-refractivity contribution is 6.19. The fourth-order valence-electron chi connectivity index (χ4n) is 14.6. The minimum absolute atomic E-state index is 0.621. The Labute approximate surface area is 522 Å². The fourth-order valence-corrected chi connectivity index (χ4v) is 14.6. The molecule has 0 saturated heterocycles. The molecule has 0 unspecified atom stereocenters. The lowest BCUT2D eigenvalue weighted by molar-refractivity contribution is 1.03. The molecule has 6 heterocycles. The molecule has 17 aromatic rings. The van der Waals surface area contributed by atoms with E-state index in [9.17, 15) is 0 Å². The van der Waals surface area contributed by atoms with Gasteiger partial charge in [-0.2, -0.15) is 0 Å². The number of hydrogen-bond donors (Lipinski definition) is 0. The van der Waals surface area contributed by atoms with E-state index in [4.69, 9.17) is 15.0 Å². The van der Waals surface area contributed by atoms with Crippen LogP contribution in [0.4, 0.5) is 0 Å². The molecule has 0 fully saturated rings. The van der Waals surface area contributed by atoms with Crippen LogP contribution in [0.2, 0.25) is 0 Å². The summed E-state index contributed by atoms with van der Waals surface area (Å²) in [6, 6.07) is 83.8. The van der Waals surface area contributed by atoms with Gasteiger partial charge in [0.15, 0.2) is 5.82 Å². The number of hydrogen-bond acceptors (Lipinski definition) is 3. The summed E-state index contributed by atoms with van der Waals surface area (Å²) in [4.78, 5) is 16.8. The smallest absolute Gasteiger partial charge is 0.160 e. The van der Waals surface area contributed by atoms with Gasteiger partial charge in [0, 0.05) is 77.7 Å². The molecule has 0 aliphatic heterocycles. The maximum Gasteiger partial charge on any atom is 0.160 e. The second kappa shape index (κ2) is 20.2. The van der Waals surface area contributed by atoms with Gasteiger partial charge in [-0.15, -0.1) is 0 Å². The summed E-state index contributed by atoms with van der Waals surface area (Å²) in [7, 11) is 0. The van der Waals surface area contributed by atoms with Crippen molar-refractivity contribution in [2.45, 2.75) is 55.4 Å². The first kappa shape index (κ1) is 53.1. The van der Waals surface area contributed by atoms with Gasteiger partial charge in [-0.25, -0.2) is 9.97 Å². The minimum Gasteiger partial charge on any atom is -0.308 e. The van der Waals surface area contributed by atoms with Crippen molar-refractivity contribution in [2.24, 2.45) is 0 Å². The molecule has 0 aliphatic carbocycles. The SMILES string of the molecule is Cc1ccc2c(c1)c1cc(C)ccc1n2-c1c(-c2cccnc2)c(-n2c3ccc(C)cc3c3cc(C)ccc32)c(-n2c3ccc(C)cc3c3cc(C)ccc32)c(-n2c3ccc(C)cc3c3cc(C)ccc32)c1-c1cc(-c2ccccc2)nc(-c2ccccc2)n1. The summed E-state index contributed by atoms with van der Waals surface area (Å²) in [6.45, 7) is 17.7. The van der Waals surface area contributed by atoms with Crippen molar-refractivity contribution < 1.29 is 0 Å². The summed E-state index contributed by atoms with van der Waals surface area (Å²) < 4.78 is 10.4. The van der Waals surface area contributed by atoms with Crippen molar-refractivity contribution in [3.63, 3.8) is 0 Å². The van der Waals surface area contributed by atoms with Crippen molar-refractivity contribution in [3.05, 3.63) is 281 Å². The summed E-state index contributed by atoms with van der Waals surface area (Å²) >= 11 is 0. The second-order valence-corrected chi connectivity index (χ2v) is 25.1. The molecule has 0 radical (unpaired) electrons. The van der Waals surface area contributed by atoms with Gasteiger partial charge in [0.1, 0.15) is 0 Å². The van der Waals surface area contributed by atoms with E-state index in [1.54, 1.807) is 0 Å². The highest BCUT2D eigenvalue weighted by atomic mass is 15.1. The van der Waals surface area contributed by atoms with Crippen LogP contribution in [0.1, 0.15) is 44.5 Å². The summed E-state index contributed by atoms with van der Waals surface area (Å²) in [5, 5.41) is 9.38. The Bertz CT molecular complexity index is 5560. The number of rotatable bonds is 8. The lowest BCUT2D eigenvalue weighted by atomic mass is 9.91. The average Bonchev–Trinajstić information content (AvgIpc) is 1.37. The molecule has 0 amide bonds. The van der Waals surface area contributed by atoms with Gasteiger partial charge >= 0.3 is 0 Å². The zero-order chi connectivity index (χ0) is 60.8. The summed E-state index contributed by atoms with van der Waals surface area (Å²) in [6.07, 6.45) is 3.98. The first-order valence-electron chi connectivity index (χ1n) is 31.1. The van der Waals surface area contributed by atoms with Gasteiger partial charge in [0.25, 0.3) is 0 Å². The minimum atomic E-state index is 0.621. The summed E-state index contributed by atoms with van der Waals surface area (Å²) in [5.74, 6) is 0.621. The number of fused-ring (bicyclic) bond motifs is 12. The molecule has 0 bridgehead atoms. The first-order chi connectivity index (χ1) is 43.9. The Hall–Kier alpha value is -11.2. The molecule has 430 valence electrons. The zero-order valence-electron chi connectivity index (χ0n) is 51.6.